The van der Waals surface area contributed by atoms with E-state index in [2.05, 4.69) is 10.6 Å². The lowest BCUT2D eigenvalue weighted by atomic mass is 10.2. The van der Waals surface area contributed by atoms with Crippen molar-refractivity contribution in [3.05, 3.63) is 53.8 Å². The second-order valence-electron chi connectivity index (χ2n) is 4.51. The number of benzene rings is 2. The van der Waals surface area contributed by atoms with Gasteiger partial charge < -0.3 is 10.6 Å². The van der Waals surface area contributed by atoms with Gasteiger partial charge in [0.15, 0.2) is 0 Å². The molecule has 0 aromatic heterocycles. The molecule has 0 atom stereocenters. The van der Waals surface area contributed by atoms with E-state index in [4.69, 9.17) is 0 Å². The predicted molar refractivity (Wildman–Crippen MR) is 80.1 cm³/mol. The number of nitrogens with one attached hydrogen (secondary N) is 2. The average molecular weight is 302 g/mol. The summed E-state index contributed by atoms with van der Waals surface area (Å²) in [4.78, 5) is 24.4. The van der Waals surface area contributed by atoms with Gasteiger partial charge in [0, 0.05) is 16.1 Å². The number of rotatable bonds is 2. The normalized spacial score (nSPS) is 13.3. The summed E-state index contributed by atoms with van der Waals surface area (Å²) in [5.74, 6) is -0.381. The maximum Gasteiger partial charge on any atom is 0.255 e. The zero-order chi connectivity index (χ0) is 14.8. The molecule has 3 rings (SSSR count). The van der Waals surface area contributed by atoms with Crippen molar-refractivity contribution in [2.45, 2.75) is 4.90 Å². The predicted octanol–water partition coefficient (Wildman–Crippen LogP) is 3.12. The standard InChI is InChI=1S/C15H11FN2O2S/c16-10-3-1-9(2-4-10)15(20)17-11-5-6-13-12(7-11)18-14(19)8-21-13/h1-7H,8H2,(H,17,20)(H,18,19). The van der Waals surface area contributed by atoms with E-state index in [-0.39, 0.29) is 17.6 Å². The van der Waals surface area contributed by atoms with Gasteiger partial charge in [0.1, 0.15) is 5.82 Å². The van der Waals surface area contributed by atoms with Crippen LogP contribution in [0.1, 0.15) is 10.4 Å². The summed E-state index contributed by atoms with van der Waals surface area (Å²) in [7, 11) is 0. The summed E-state index contributed by atoms with van der Waals surface area (Å²) in [5, 5.41) is 5.48. The van der Waals surface area contributed by atoms with Crippen molar-refractivity contribution < 1.29 is 14.0 Å². The quantitative estimate of drug-likeness (QED) is 0.896. The Hall–Kier alpha value is -2.34. The number of anilines is 2. The maximum absolute atomic E-state index is 12.8. The summed E-state index contributed by atoms with van der Waals surface area (Å²) in [6.07, 6.45) is 0. The van der Waals surface area contributed by atoms with Gasteiger partial charge in [0.2, 0.25) is 5.91 Å². The van der Waals surface area contributed by atoms with Crippen molar-refractivity contribution in [1.82, 2.24) is 0 Å². The highest BCUT2D eigenvalue weighted by molar-refractivity contribution is 8.00. The SMILES string of the molecule is O=C1CSc2ccc(NC(=O)c3ccc(F)cc3)cc2N1. The fraction of sp³-hybridized carbons (Fsp3) is 0.0667. The summed E-state index contributed by atoms with van der Waals surface area (Å²) < 4.78 is 12.8. The van der Waals surface area contributed by atoms with Crippen LogP contribution in [0.3, 0.4) is 0 Å². The van der Waals surface area contributed by atoms with Gasteiger partial charge in [-0.1, -0.05) is 0 Å². The van der Waals surface area contributed by atoms with Crippen LogP contribution in [0.5, 0.6) is 0 Å². The van der Waals surface area contributed by atoms with Gasteiger partial charge in [-0.15, -0.1) is 11.8 Å². The number of carbonyl (C=O) groups is 2. The number of halogens is 1. The van der Waals surface area contributed by atoms with Crippen molar-refractivity contribution >= 4 is 35.0 Å². The molecule has 0 radical (unpaired) electrons. The monoisotopic (exact) mass is 302 g/mol. The third kappa shape index (κ3) is 3.05. The van der Waals surface area contributed by atoms with Crippen molar-refractivity contribution in [2.75, 3.05) is 16.4 Å². The highest BCUT2D eigenvalue weighted by atomic mass is 32.2. The van der Waals surface area contributed by atoms with Crippen LogP contribution in [-0.2, 0) is 4.79 Å². The minimum Gasteiger partial charge on any atom is -0.324 e. The fourth-order valence-electron chi connectivity index (χ4n) is 1.97. The molecule has 0 saturated heterocycles. The lowest BCUT2D eigenvalue weighted by Gasteiger charge is -2.17. The largest absolute Gasteiger partial charge is 0.324 e. The van der Waals surface area contributed by atoms with Crippen molar-refractivity contribution in [1.29, 1.82) is 0 Å². The maximum atomic E-state index is 12.8. The molecule has 1 aliphatic heterocycles. The van der Waals surface area contributed by atoms with Gasteiger partial charge in [-0.3, -0.25) is 9.59 Å². The average Bonchev–Trinajstić information content (AvgIpc) is 2.47. The molecular formula is C15H11FN2O2S. The minimum absolute atomic E-state index is 0.0606. The molecule has 6 heteroatoms. The van der Waals surface area contributed by atoms with Crippen LogP contribution in [0.2, 0.25) is 0 Å². The molecule has 0 bridgehead atoms. The molecule has 106 valence electrons. The first-order chi connectivity index (χ1) is 10.1. The van der Waals surface area contributed by atoms with Gasteiger partial charge in [-0.2, -0.15) is 0 Å². The first kappa shape index (κ1) is 13.6. The van der Waals surface area contributed by atoms with Crippen molar-refractivity contribution in [2.24, 2.45) is 0 Å². The van der Waals surface area contributed by atoms with Crippen LogP contribution < -0.4 is 10.6 Å². The van der Waals surface area contributed by atoms with E-state index in [1.54, 1.807) is 12.1 Å². The highest BCUT2D eigenvalue weighted by Gasteiger charge is 2.16. The summed E-state index contributed by atoms with van der Waals surface area (Å²) >= 11 is 1.46. The number of thioether (sulfide) groups is 1. The molecule has 1 heterocycles. The Kier molecular flexibility index (Phi) is 3.62. The Balaban J connectivity index is 1.79. The van der Waals surface area contributed by atoms with Crippen LogP contribution in [0, 0.1) is 5.82 Å². The number of amides is 2. The minimum atomic E-state index is -0.389. The van der Waals surface area contributed by atoms with Crippen LogP contribution >= 0.6 is 11.8 Å². The Morgan fingerprint density at radius 1 is 1.19 bits per heavy atom. The summed E-state index contributed by atoms with van der Waals surface area (Å²) in [5.41, 5.74) is 1.63. The van der Waals surface area contributed by atoms with Gasteiger partial charge in [-0.05, 0) is 42.5 Å². The van der Waals surface area contributed by atoms with E-state index in [1.807, 2.05) is 6.07 Å². The zero-order valence-electron chi connectivity index (χ0n) is 10.9. The molecule has 0 unspecified atom stereocenters. The highest BCUT2D eigenvalue weighted by Crippen LogP contribution is 2.33. The topological polar surface area (TPSA) is 58.2 Å². The van der Waals surface area contributed by atoms with Gasteiger partial charge in [0.05, 0.1) is 11.4 Å². The molecule has 0 fully saturated rings. The number of hydrogen-bond donors (Lipinski definition) is 2. The second-order valence-corrected chi connectivity index (χ2v) is 5.53. The molecule has 2 aromatic carbocycles. The van der Waals surface area contributed by atoms with Crippen molar-refractivity contribution in [3.8, 4) is 0 Å². The van der Waals surface area contributed by atoms with Crippen molar-refractivity contribution in [3.63, 3.8) is 0 Å². The molecular weight excluding hydrogens is 291 g/mol. The van der Waals surface area contributed by atoms with E-state index < -0.39 is 0 Å². The number of fused-ring (bicyclic) bond motifs is 1. The summed E-state index contributed by atoms with van der Waals surface area (Å²) in [6, 6.07) is 10.6. The van der Waals surface area contributed by atoms with E-state index >= 15 is 0 Å². The molecule has 2 amide bonds. The molecule has 2 N–H and O–H groups in total. The van der Waals surface area contributed by atoms with Crippen LogP contribution in [-0.4, -0.2) is 17.6 Å². The molecule has 2 aromatic rings. The molecule has 0 saturated carbocycles. The third-order valence-corrected chi connectivity index (χ3v) is 4.05. The lowest BCUT2D eigenvalue weighted by molar-refractivity contribution is -0.113. The van der Waals surface area contributed by atoms with E-state index in [0.717, 1.165) is 4.90 Å². The molecule has 4 nitrogen and oxygen atoms in total. The number of carbonyl (C=O) groups excluding carboxylic acids is 2. The summed E-state index contributed by atoms with van der Waals surface area (Å²) in [6.45, 7) is 0. The lowest BCUT2D eigenvalue weighted by Crippen LogP contribution is -2.19. The third-order valence-electron chi connectivity index (χ3n) is 2.98. The van der Waals surface area contributed by atoms with Gasteiger partial charge in [-0.25, -0.2) is 4.39 Å². The molecule has 21 heavy (non-hydrogen) atoms. The first-order valence-electron chi connectivity index (χ1n) is 6.25. The Labute approximate surface area is 124 Å². The zero-order valence-corrected chi connectivity index (χ0v) is 11.7. The fourth-order valence-corrected chi connectivity index (χ4v) is 2.75. The van der Waals surface area contributed by atoms with Crippen LogP contribution in [0.15, 0.2) is 47.4 Å². The van der Waals surface area contributed by atoms with E-state index in [0.29, 0.717) is 22.7 Å². The smallest absolute Gasteiger partial charge is 0.255 e. The van der Waals surface area contributed by atoms with E-state index in [9.17, 15) is 14.0 Å². The van der Waals surface area contributed by atoms with Gasteiger partial charge >= 0.3 is 0 Å². The van der Waals surface area contributed by atoms with Gasteiger partial charge in [0.25, 0.3) is 5.91 Å². The molecule has 0 spiro atoms. The Morgan fingerprint density at radius 2 is 1.95 bits per heavy atom. The van der Waals surface area contributed by atoms with E-state index in [1.165, 1.54) is 36.0 Å². The molecule has 1 aliphatic rings. The second kappa shape index (κ2) is 5.57. The van der Waals surface area contributed by atoms with Crippen LogP contribution in [0.25, 0.3) is 0 Å². The molecule has 0 aliphatic carbocycles. The number of hydrogen-bond acceptors (Lipinski definition) is 3. The Morgan fingerprint density at radius 3 is 2.71 bits per heavy atom. The first-order valence-corrected chi connectivity index (χ1v) is 7.24. The Bertz CT molecular complexity index is 716. The van der Waals surface area contributed by atoms with Crippen LogP contribution in [0.4, 0.5) is 15.8 Å².